The molecule has 0 aromatic carbocycles. The lowest BCUT2D eigenvalue weighted by atomic mass is 9.43. The highest BCUT2D eigenvalue weighted by Gasteiger charge is 2.70. The van der Waals surface area contributed by atoms with Gasteiger partial charge in [0, 0.05) is 51.5 Å². The third-order valence-corrected chi connectivity index (χ3v) is 41.0. The van der Waals surface area contributed by atoms with Gasteiger partial charge in [0.25, 0.3) is 23.6 Å². The van der Waals surface area contributed by atoms with Crippen LogP contribution in [0, 0.1) is 139 Å². The quantitative estimate of drug-likeness (QED) is 0.0117. The zero-order chi connectivity index (χ0) is 101. The van der Waals surface area contributed by atoms with Crippen LogP contribution in [0.3, 0.4) is 0 Å². The van der Waals surface area contributed by atoms with Gasteiger partial charge in [0.05, 0.1) is 54.9 Å². The van der Waals surface area contributed by atoms with Crippen molar-refractivity contribution < 1.29 is 94.7 Å². The van der Waals surface area contributed by atoms with Crippen LogP contribution in [0.1, 0.15) is 455 Å². The van der Waals surface area contributed by atoms with E-state index in [1.807, 2.05) is 0 Å². The molecular formula is C116H200N4O19. The molecule has 23 nitrogen and oxygen atoms in total. The average Bonchev–Trinajstić information content (AvgIpc) is 1.58. The number of amides is 5. The first-order valence-corrected chi connectivity index (χ1v) is 57.5. The lowest BCUT2D eigenvalue weighted by molar-refractivity contribution is -0.207. The molecule has 23 heteroatoms. The molecule has 0 unspecified atom stereocenters. The van der Waals surface area contributed by atoms with Gasteiger partial charge in [-0.2, -0.15) is 5.06 Å². The second kappa shape index (κ2) is 55.1. The number of carboxylic acids is 1. The number of hydrogen-bond donors (Lipinski definition) is 13. The van der Waals surface area contributed by atoms with Crippen LogP contribution in [0.5, 0.6) is 0 Å². The fraction of sp³-hybridized carbons (Fsp3) is 0.905. The van der Waals surface area contributed by atoms with Crippen LogP contribution in [0.15, 0.2) is 24.3 Å². The Hall–Kier alpha value is -4.27. The summed E-state index contributed by atoms with van der Waals surface area (Å²) in [6.45, 7) is 26.6. The van der Waals surface area contributed by atoms with Crippen molar-refractivity contribution in [2.24, 2.45) is 145 Å². The number of hydroxylamine groups is 4. The minimum Gasteiger partial charge on any atom is -0.481 e. The molecule has 0 bridgehead atoms. The Bertz CT molecular complexity index is 3800. The van der Waals surface area contributed by atoms with E-state index in [0.717, 1.165) is 154 Å². The number of allylic oxidation sites excluding steroid dienone is 4. The maximum absolute atomic E-state index is 12.8. The highest BCUT2D eigenvalue weighted by Crippen LogP contribution is 2.73. The summed E-state index contributed by atoms with van der Waals surface area (Å²) in [7, 11) is 0. The van der Waals surface area contributed by atoms with E-state index in [1.54, 1.807) is 0 Å². The van der Waals surface area contributed by atoms with Gasteiger partial charge in [-0.25, -0.2) is 4.79 Å². The molecule has 2 heterocycles. The number of nitrogens with two attached hydrogens (primary N) is 1. The number of carbonyl (C=O) groups is 7. The maximum atomic E-state index is 12.8. The summed E-state index contributed by atoms with van der Waals surface area (Å²) in [5.74, 6) is 1.98. The number of carbonyl (C=O) groups excluding carboxylic acids is 6. The van der Waals surface area contributed by atoms with Crippen LogP contribution < -0.4 is 11.1 Å². The zero-order valence-electron chi connectivity index (χ0n) is 88.7. The van der Waals surface area contributed by atoms with Gasteiger partial charge in [0.2, 0.25) is 5.91 Å². The molecule has 14 fully saturated rings. The van der Waals surface area contributed by atoms with Crippen molar-refractivity contribution in [3.63, 3.8) is 0 Å². The number of aliphatic carboxylic acids is 1. The summed E-state index contributed by atoms with van der Waals surface area (Å²) in [6, 6.07) is 0. The molecule has 0 aromatic heterocycles. The Morgan fingerprint density at radius 1 is 0.388 bits per heavy atom. The summed E-state index contributed by atoms with van der Waals surface area (Å²) < 4.78 is 0. The first-order chi connectivity index (χ1) is 66.3. The molecule has 14 rings (SSSR count). The molecule has 2 aliphatic heterocycles. The van der Waals surface area contributed by atoms with Gasteiger partial charge in [0.15, 0.2) is 0 Å². The number of unbranched alkanes of at least 4 members (excludes halogenated alkanes) is 24. The van der Waals surface area contributed by atoms with Gasteiger partial charge in [-0.1, -0.05) is 216 Å². The Kier molecular flexibility index (Phi) is 46.3. The predicted molar refractivity (Wildman–Crippen MR) is 546 cm³/mol. The molecule has 14 aliphatic rings. The summed E-state index contributed by atoms with van der Waals surface area (Å²) in [5.41, 5.74) is 4.96. The molecule has 798 valence electrons. The van der Waals surface area contributed by atoms with Gasteiger partial charge in [-0.3, -0.25) is 34.0 Å². The van der Waals surface area contributed by atoms with Crippen LogP contribution in [0.4, 0.5) is 0 Å². The standard InChI is InChI=1S/C42H75NO4.C28H43NO7.C24H40O5.C18H37N.C4H5NO3/c1-5-6-7-8-9-10-11-12-13-14-15-16-17-18-19-20-27-43-39(47)24-21-31(2)34-22-23-35-40-36(30-38(46)42(34,35)4)41(3)26-25-33(44)28-32(41)29-37(40)45;1-15(4-9-25(35)36-29-23(33)7-8-24(29)34)18-5-6-19-26-20(14-22(32)28(18,19)3)27(2)11-10-17(30)12-16(27)13-21(26)31;1-13(4-7-21(28)29)16-5-6-17-22-18(12-20(27)24(16,17)3)23(2)9-8-15(25)10-14(23)11-19(22)26;1-2-3-4-5-6-7-8-9-10-11-12-13-14-15-16-17-18-19;6-3-1-2-4(7)5(3)8/h12-13,31-38,40,44-46H,5-11,14-30H2,1-4H3,(H,43,47);15-22,26,30-32H,4-14H2,1-3H3;13-20,22,25-27H,4-12H2,1-3H3,(H,28,29);9-10H,2-8,11-19H2,1H3;8H,1-2H2/b13-12-;;;10-9-;/t31-,32+,33-,34-,35+,36+,37-,38+,40+,41+,42-;15-,16+,17-,18-,19+,20+,21-,22+,26+,27+,28-;13-,14+,15-,16-,17+,18+,19-,20+,22+,23+,24-;;/m111../s1. The van der Waals surface area contributed by atoms with E-state index in [4.69, 9.17) is 20.9 Å². The van der Waals surface area contributed by atoms with Crippen molar-refractivity contribution in [3.05, 3.63) is 24.3 Å². The van der Waals surface area contributed by atoms with Gasteiger partial charge in [0.1, 0.15) is 0 Å². The number of carboxylic acid groups (broad SMARTS) is 1. The molecule has 0 aromatic rings. The molecule has 14 N–H and O–H groups in total. The number of fused-ring (bicyclic) bond motifs is 15. The number of imide groups is 2. The van der Waals surface area contributed by atoms with Gasteiger partial charge in [-0.15, -0.1) is 5.06 Å². The number of nitrogens with zero attached hydrogens (tertiary/aromatic N) is 2. The molecule has 12 aliphatic carbocycles. The molecule has 12 saturated carbocycles. The third-order valence-electron chi connectivity index (χ3n) is 41.0. The lowest BCUT2D eigenvalue weighted by Crippen LogP contribution is -2.62. The Morgan fingerprint density at radius 3 is 1.01 bits per heavy atom. The number of aliphatic hydroxyl groups is 9. The Balaban J connectivity index is 0.000000193. The minimum atomic E-state index is -0.748. The van der Waals surface area contributed by atoms with E-state index in [0.29, 0.717) is 89.9 Å². The van der Waals surface area contributed by atoms with Crippen molar-refractivity contribution in [2.45, 2.75) is 510 Å². The minimum absolute atomic E-state index is 0.0450. The van der Waals surface area contributed by atoms with E-state index in [2.05, 4.69) is 106 Å². The van der Waals surface area contributed by atoms with Crippen LogP contribution >= 0.6 is 0 Å². The summed E-state index contributed by atoms with van der Waals surface area (Å²) >= 11 is 0. The van der Waals surface area contributed by atoms with Crippen LogP contribution in [-0.2, 0) is 38.4 Å². The fourth-order valence-electron chi connectivity index (χ4n) is 32.5. The first-order valence-electron chi connectivity index (χ1n) is 57.5. The van der Waals surface area contributed by atoms with Crippen LogP contribution in [0.2, 0.25) is 0 Å². The molecule has 139 heavy (non-hydrogen) atoms. The van der Waals surface area contributed by atoms with Crippen molar-refractivity contribution >= 4 is 41.5 Å². The Morgan fingerprint density at radius 2 is 0.691 bits per heavy atom. The largest absolute Gasteiger partial charge is 0.481 e. The van der Waals surface area contributed by atoms with E-state index in [9.17, 15) is 79.5 Å². The normalized spacial score (nSPS) is 38.6. The summed E-state index contributed by atoms with van der Waals surface area (Å²) in [5, 5.41) is 121. The zero-order valence-corrected chi connectivity index (χ0v) is 88.7. The van der Waals surface area contributed by atoms with Crippen molar-refractivity contribution in [2.75, 3.05) is 13.1 Å². The number of aliphatic hydroxyl groups excluding tert-OH is 9. The lowest BCUT2D eigenvalue weighted by Gasteiger charge is -2.63. The second-order valence-corrected chi connectivity index (χ2v) is 49.2. The monoisotopic (exact) mass is 1950 g/mol. The topological polar surface area (TPSA) is 396 Å². The highest BCUT2D eigenvalue weighted by molar-refractivity contribution is 6.01. The highest BCUT2D eigenvalue weighted by atomic mass is 16.7. The molecule has 0 radical (unpaired) electrons. The third kappa shape index (κ3) is 29.0. The fourth-order valence-corrected chi connectivity index (χ4v) is 32.5. The molecule has 0 spiro atoms. The SMILES string of the molecule is CCCCCCCC/C=C\CCCCCCCCN.CCCCCCCC/C=C\CCCCCCCCNC(=O)CC[C@@H](C)[C@H]1CC[C@H]2[C@@H]3[C@H](O)C[C@@H]4C[C@H](O)CC[C@]4(C)[C@H]3C[C@H](O)[C@]12C.C[C@H](CCC(=O)O)[C@H]1CC[C@H]2[C@@H]3[C@H](O)C[C@@H]4C[C@H](O)CC[C@]4(C)[C@H]3C[C@H](O)[C@]12C.C[C@H](CCC(=O)ON1C(=O)CCC1=O)[C@H]1CC[C@H]2[C@@H]3[C@H](O)C[C@@H]4C[C@H](O)CC[C@]4(C)[C@H]3C[C@H](O)[C@]12C.O=C1CCC(=O)N1O. The van der Waals surface area contributed by atoms with Crippen molar-refractivity contribution in [1.82, 2.24) is 15.4 Å². The number of hydrogen-bond acceptors (Lipinski definition) is 19. The van der Waals surface area contributed by atoms with Crippen LogP contribution in [-0.4, -0.2) is 176 Å². The maximum Gasteiger partial charge on any atom is 0.333 e. The summed E-state index contributed by atoms with van der Waals surface area (Å²) in [6.07, 6.45) is 65.5. The van der Waals surface area contributed by atoms with E-state index < -0.39 is 53.9 Å². The smallest absolute Gasteiger partial charge is 0.333 e. The van der Waals surface area contributed by atoms with Crippen molar-refractivity contribution in [3.8, 4) is 0 Å². The van der Waals surface area contributed by atoms with Gasteiger partial charge >= 0.3 is 11.9 Å². The molecule has 33 atom stereocenters. The van der Waals surface area contributed by atoms with E-state index >= 15 is 0 Å². The molecular weight excluding hydrogens is 1750 g/mol. The van der Waals surface area contributed by atoms with Crippen molar-refractivity contribution in [1.29, 1.82) is 0 Å². The van der Waals surface area contributed by atoms with E-state index in [1.165, 1.54) is 173 Å². The van der Waals surface area contributed by atoms with E-state index in [-0.39, 0.29) is 166 Å². The number of rotatable bonds is 44. The summed E-state index contributed by atoms with van der Waals surface area (Å²) in [4.78, 5) is 85.2. The van der Waals surface area contributed by atoms with Gasteiger partial charge in [-0.05, 0) is 364 Å². The first kappa shape index (κ1) is 117. The molecule has 5 amide bonds. The van der Waals surface area contributed by atoms with Gasteiger partial charge < -0.3 is 67.0 Å². The van der Waals surface area contributed by atoms with Crippen LogP contribution in [0.25, 0.3) is 0 Å². The number of nitrogens with one attached hydrogen (secondary N) is 1. The second-order valence-electron chi connectivity index (χ2n) is 49.2. The average molecular weight is 1950 g/mol. The Labute approximate surface area is 839 Å². The predicted octanol–water partition coefficient (Wildman–Crippen LogP) is 21.4. The molecule has 2 saturated heterocycles.